The Hall–Kier alpha value is -2.25. The van der Waals surface area contributed by atoms with Gasteiger partial charge in [0.25, 0.3) is 5.95 Å². The van der Waals surface area contributed by atoms with Crippen LogP contribution in [0.2, 0.25) is 0 Å². The van der Waals surface area contributed by atoms with Crippen molar-refractivity contribution >= 4 is 17.9 Å². The van der Waals surface area contributed by atoms with Crippen LogP contribution in [0.1, 0.15) is 24.7 Å². The van der Waals surface area contributed by atoms with Crippen molar-refractivity contribution in [3.8, 4) is 0 Å². The van der Waals surface area contributed by atoms with E-state index in [-0.39, 0.29) is 12.5 Å². The van der Waals surface area contributed by atoms with Gasteiger partial charge in [0.15, 0.2) is 0 Å². The number of carboxylic acid groups (broad SMARTS) is 1. The minimum Gasteiger partial charge on any atom is -0.481 e. The highest BCUT2D eigenvalue weighted by atomic mass is 16.4. The van der Waals surface area contributed by atoms with Gasteiger partial charge in [0.1, 0.15) is 0 Å². The van der Waals surface area contributed by atoms with Gasteiger partial charge in [-0.3, -0.25) is 10.1 Å². The van der Waals surface area contributed by atoms with Crippen molar-refractivity contribution in [3.05, 3.63) is 11.4 Å². The number of amides is 2. The molecule has 0 aliphatic rings. The summed E-state index contributed by atoms with van der Waals surface area (Å²) in [6, 6.07) is -0.484. The number of aromatic nitrogens is 3. The fourth-order valence-corrected chi connectivity index (χ4v) is 1.18. The molecule has 1 atom stereocenters. The molecule has 1 rings (SSSR count). The smallest absolute Gasteiger partial charge is 0.321 e. The summed E-state index contributed by atoms with van der Waals surface area (Å²) >= 11 is 0. The number of hydrogen-bond acceptors (Lipinski definition) is 5. The van der Waals surface area contributed by atoms with E-state index in [2.05, 4.69) is 25.8 Å². The average Bonchev–Trinajstić information content (AvgIpc) is 2.33. The van der Waals surface area contributed by atoms with Crippen molar-refractivity contribution in [2.24, 2.45) is 5.92 Å². The molecule has 8 heteroatoms. The van der Waals surface area contributed by atoms with Crippen LogP contribution in [0.15, 0.2) is 0 Å². The Morgan fingerprint density at radius 1 is 1.26 bits per heavy atom. The Morgan fingerprint density at radius 3 is 2.53 bits per heavy atom. The zero-order chi connectivity index (χ0) is 14.4. The molecule has 0 saturated heterocycles. The SMILES string of the molecule is Cc1nnc(NC(=O)NCCC(C)C(=O)O)nc1C. The maximum Gasteiger partial charge on any atom is 0.321 e. The molecule has 0 bridgehead atoms. The summed E-state index contributed by atoms with van der Waals surface area (Å²) in [7, 11) is 0. The van der Waals surface area contributed by atoms with Crippen LogP contribution < -0.4 is 10.6 Å². The van der Waals surface area contributed by atoms with E-state index in [9.17, 15) is 9.59 Å². The second-order valence-corrected chi connectivity index (χ2v) is 4.22. The highest BCUT2D eigenvalue weighted by molar-refractivity contribution is 5.87. The standard InChI is InChI=1S/C11H17N5O3/c1-6(9(17)18)4-5-12-11(19)14-10-13-7(2)8(3)15-16-10/h6H,4-5H2,1-3H3,(H,17,18)(H2,12,13,14,16,19). The lowest BCUT2D eigenvalue weighted by Crippen LogP contribution is -2.32. The van der Waals surface area contributed by atoms with Crippen LogP contribution >= 0.6 is 0 Å². The number of nitrogens with zero attached hydrogens (tertiary/aromatic N) is 3. The molecule has 104 valence electrons. The molecule has 0 aliphatic carbocycles. The molecule has 1 heterocycles. The number of aryl methyl sites for hydroxylation is 2. The third-order valence-corrected chi connectivity index (χ3v) is 2.60. The molecule has 1 aromatic heterocycles. The number of hydrogen-bond donors (Lipinski definition) is 3. The van der Waals surface area contributed by atoms with Gasteiger partial charge in [-0.25, -0.2) is 9.78 Å². The molecule has 19 heavy (non-hydrogen) atoms. The van der Waals surface area contributed by atoms with E-state index in [0.717, 1.165) is 0 Å². The Labute approximate surface area is 110 Å². The summed E-state index contributed by atoms with van der Waals surface area (Å²) in [4.78, 5) is 26.1. The van der Waals surface area contributed by atoms with Crippen molar-refractivity contribution < 1.29 is 14.7 Å². The van der Waals surface area contributed by atoms with E-state index >= 15 is 0 Å². The molecule has 0 aliphatic heterocycles. The number of carboxylic acids is 1. The zero-order valence-corrected chi connectivity index (χ0v) is 11.1. The maximum atomic E-state index is 11.5. The van der Waals surface area contributed by atoms with E-state index in [1.807, 2.05) is 0 Å². The molecule has 1 unspecified atom stereocenters. The van der Waals surface area contributed by atoms with Crippen LogP contribution in [0.5, 0.6) is 0 Å². The average molecular weight is 267 g/mol. The van der Waals surface area contributed by atoms with Gasteiger partial charge in [0, 0.05) is 6.54 Å². The normalized spacial score (nSPS) is 11.7. The zero-order valence-electron chi connectivity index (χ0n) is 11.1. The topological polar surface area (TPSA) is 117 Å². The number of carbonyl (C=O) groups is 2. The van der Waals surface area contributed by atoms with E-state index in [0.29, 0.717) is 17.8 Å². The minimum absolute atomic E-state index is 0.117. The highest BCUT2D eigenvalue weighted by Gasteiger charge is 2.11. The first-order valence-corrected chi connectivity index (χ1v) is 5.85. The van der Waals surface area contributed by atoms with Crippen LogP contribution in [0.3, 0.4) is 0 Å². The molecule has 1 aromatic rings. The van der Waals surface area contributed by atoms with Gasteiger partial charge in [-0.1, -0.05) is 6.92 Å². The lowest BCUT2D eigenvalue weighted by molar-refractivity contribution is -0.141. The van der Waals surface area contributed by atoms with Gasteiger partial charge < -0.3 is 10.4 Å². The van der Waals surface area contributed by atoms with E-state index in [1.54, 1.807) is 20.8 Å². The molecular weight excluding hydrogens is 250 g/mol. The van der Waals surface area contributed by atoms with Crippen LogP contribution in [0, 0.1) is 19.8 Å². The highest BCUT2D eigenvalue weighted by Crippen LogP contribution is 2.02. The first kappa shape index (κ1) is 14.8. The van der Waals surface area contributed by atoms with Crippen LogP contribution in [0.25, 0.3) is 0 Å². The lowest BCUT2D eigenvalue weighted by Gasteiger charge is -2.08. The quantitative estimate of drug-likeness (QED) is 0.723. The van der Waals surface area contributed by atoms with Gasteiger partial charge >= 0.3 is 12.0 Å². The molecule has 0 fully saturated rings. The van der Waals surface area contributed by atoms with Crippen molar-refractivity contribution in [3.63, 3.8) is 0 Å². The molecule has 0 radical (unpaired) electrons. The first-order chi connectivity index (χ1) is 8.90. The fraction of sp³-hybridized carbons (Fsp3) is 0.545. The predicted molar refractivity (Wildman–Crippen MR) is 67.7 cm³/mol. The summed E-state index contributed by atoms with van der Waals surface area (Å²) in [6.45, 7) is 5.38. The molecular formula is C11H17N5O3. The van der Waals surface area contributed by atoms with Gasteiger partial charge in [-0.2, -0.15) is 5.10 Å². The van der Waals surface area contributed by atoms with Gasteiger partial charge in [-0.15, -0.1) is 5.10 Å². The molecule has 0 aromatic carbocycles. The van der Waals surface area contributed by atoms with Gasteiger partial charge in [0.05, 0.1) is 17.3 Å². The van der Waals surface area contributed by atoms with Crippen molar-refractivity contribution in [1.29, 1.82) is 0 Å². The number of carbonyl (C=O) groups excluding carboxylic acids is 1. The Balaban J connectivity index is 2.39. The Kier molecular flexibility index (Phi) is 5.16. The molecule has 8 nitrogen and oxygen atoms in total. The van der Waals surface area contributed by atoms with Crippen molar-refractivity contribution in [1.82, 2.24) is 20.5 Å². The van der Waals surface area contributed by atoms with Crippen molar-refractivity contribution in [2.45, 2.75) is 27.2 Å². The Bertz CT molecular complexity index is 477. The Morgan fingerprint density at radius 2 is 1.95 bits per heavy atom. The number of urea groups is 1. The second-order valence-electron chi connectivity index (χ2n) is 4.22. The summed E-state index contributed by atoms with van der Waals surface area (Å²) < 4.78 is 0. The summed E-state index contributed by atoms with van der Waals surface area (Å²) in [5, 5.41) is 21.2. The van der Waals surface area contributed by atoms with E-state index in [4.69, 9.17) is 5.11 Å². The predicted octanol–water partition coefficient (Wildman–Crippen LogP) is 0.721. The van der Waals surface area contributed by atoms with Crippen LogP contribution in [-0.4, -0.2) is 38.8 Å². The third-order valence-electron chi connectivity index (χ3n) is 2.60. The van der Waals surface area contributed by atoms with Gasteiger partial charge in [-0.05, 0) is 20.3 Å². The monoisotopic (exact) mass is 267 g/mol. The largest absolute Gasteiger partial charge is 0.481 e. The number of rotatable bonds is 5. The van der Waals surface area contributed by atoms with Crippen molar-refractivity contribution in [2.75, 3.05) is 11.9 Å². The van der Waals surface area contributed by atoms with E-state index < -0.39 is 17.9 Å². The maximum absolute atomic E-state index is 11.5. The summed E-state index contributed by atoms with van der Waals surface area (Å²) in [5.74, 6) is -1.27. The van der Waals surface area contributed by atoms with Gasteiger partial charge in [0.2, 0.25) is 0 Å². The fourth-order valence-electron chi connectivity index (χ4n) is 1.18. The lowest BCUT2D eigenvalue weighted by atomic mass is 10.1. The van der Waals surface area contributed by atoms with Crippen LogP contribution in [0.4, 0.5) is 10.7 Å². The minimum atomic E-state index is -0.885. The number of aliphatic carboxylic acids is 1. The summed E-state index contributed by atoms with van der Waals surface area (Å²) in [5.41, 5.74) is 1.38. The molecule has 2 amide bonds. The molecule has 0 spiro atoms. The number of nitrogens with one attached hydrogen (secondary N) is 2. The number of anilines is 1. The summed E-state index contributed by atoms with van der Waals surface area (Å²) in [6.07, 6.45) is 0.356. The van der Waals surface area contributed by atoms with E-state index in [1.165, 1.54) is 0 Å². The molecule has 3 N–H and O–H groups in total. The molecule has 0 saturated carbocycles. The third kappa shape index (κ3) is 4.86. The second kappa shape index (κ2) is 6.62. The van der Waals surface area contributed by atoms with Crippen LogP contribution in [-0.2, 0) is 4.79 Å². The first-order valence-electron chi connectivity index (χ1n) is 5.85.